The second-order valence-electron chi connectivity index (χ2n) is 5.01. The number of hydrogen-bond donors (Lipinski definition) is 2. The van der Waals surface area contributed by atoms with Crippen LogP contribution in [0.5, 0.6) is 0 Å². The number of aryl methyl sites for hydroxylation is 1. The molecule has 2 aromatic rings. The Morgan fingerprint density at radius 2 is 2.08 bits per heavy atom. The van der Waals surface area contributed by atoms with Crippen LogP contribution in [0.3, 0.4) is 0 Å². The Hall–Kier alpha value is -1.22. The summed E-state index contributed by atoms with van der Waals surface area (Å²) in [6, 6.07) is 11.0. The van der Waals surface area contributed by atoms with E-state index >= 15 is 0 Å². The van der Waals surface area contributed by atoms with E-state index in [-0.39, 0.29) is 29.8 Å². The summed E-state index contributed by atoms with van der Waals surface area (Å²) in [4.78, 5) is 8.41. The molecule has 0 radical (unpaired) electrons. The van der Waals surface area contributed by atoms with Crippen molar-refractivity contribution in [1.29, 1.82) is 0 Å². The summed E-state index contributed by atoms with van der Waals surface area (Å²) < 4.78 is 14.5. The number of guanidine groups is 1. The van der Waals surface area contributed by atoms with E-state index < -0.39 is 0 Å². The molecule has 0 atom stereocenters. The Morgan fingerprint density at radius 1 is 1.25 bits per heavy atom. The van der Waals surface area contributed by atoms with Gasteiger partial charge in [0.1, 0.15) is 5.82 Å². The molecule has 0 spiro atoms. The molecule has 130 valence electrons. The summed E-state index contributed by atoms with van der Waals surface area (Å²) in [7, 11) is 1.72. The van der Waals surface area contributed by atoms with Crippen LogP contribution in [0.4, 0.5) is 4.39 Å². The molecule has 7 heteroatoms. The minimum Gasteiger partial charge on any atom is -0.356 e. The van der Waals surface area contributed by atoms with Crippen molar-refractivity contribution in [2.45, 2.75) is 19.4 Å². The Kier molecular flexibility index (Phi) is 9.85. The van der Waals surface area contributed by atoms with Crippen molar-refractivity contribution in [3.63, 3.8) is 0 Å². The average Bonchev–Trinajstić information content (AvgIpc) is 2.57. The van der Waals surface area contributed by atoms with E-state index in [0.29, 0.717) is 18.9 Å². The molecule has 0 bridgehead atoms. The molecular weight excluding hydrogens is 486 g/mol. The van der Waals surface area contributed by atoms with E-state index in [4.69, 9.17) is 0 Å². The molecule has 0 aliphatic rings. The van der Waals surface area contributed by atoms with Crippen LogP contribution in [-0.4, -0.2) is 24.5 Å². The standard InChI is InChI=1S/C17H20BrFN4.HI/c1-20-17(23-12-15-6-2-3-9-21-15)22-10-4-5-13-7-8-14(18)11-16(13)19;/h2-3,6-9,11H,4-5,10,12H2,1H3,(H2,20,22,23);1H. The van der Waals surface area contributed by atoms with Crippen molar-refractivity contribution < 1.29 is 4.39 Å². The summed E-state index contributed by atoms with van der Waals surface area (Å²) in [5.74, 6) is 0.545. The number of benzene rings is 1. The molecule has 0 saturated heterocycles. The maximum absolute atomic E-state index is 13.7. The van der Waals surface area contributed by atoms with E-state index in [1.165, 1.54) is 6.07 Å². The van der Waals surface area contributed by atoms with Gasteiger partial charge in [0.25, 0.3) is 0 Å². The summed E-state index contributed by atoms with van der Waals surface area (Å²) in [5, 5.41) is 6.42. The molecule has 0 amide bonds. The summed E-state index contributed by atoms with van der Waals surface area (Å²) in [6.45, 7) is 1.33. The minimum absolute atomic E-state index is 0. The lowest BCUT2D eigenvalue weighted by Gasteiger charge is -2.11. The molecule has 2 N–H and O–H groups in total. The number of aromatic nitrogens is 1. The average molecular weight is 507 g/mol. The van der Waals surface area contributed by atoms with Gasteiger partial charge in [-0.2, -0.15) is 0 Å². The molecule has 0 fully saturated rings. The third-order valence-corrected chi connectivity index (χ3v) is 3.81. The SMILES string of the molecule is CN=C(NCCCc1ccc(Br)cc1F)NCc1ccccn1.I. The normalized spacial score (nSPS) is 10.9. The van der Waals surface area contributed by atoms with E-state index in [1.54, 1.807) is 13.2 Å². The van der Waals surface area contributed by atoms with Gasteiger partial charge in [0.15, 0.2) is 5.96 Å². The van der Waals surface area contributed by atoms with Gasteiger partial charge in [-0.05, 0) is 42.7 Å². The molecule has 0 unspecified atom stereocenters. The molecule has 0 aliphatic heterocycles. The molecular formula is C17H21BrFIN4. The minimum atomic E-state index is -0.169. The number of rotatable bonds is 6. The number of halogens is 3. The Labute approximate surface area is 167 Å². The second kappa shape index (κ2) is 11.4. The fourth-order valence-corrected chi connectivity index (χ4v) is 2.44. The Morgan fingerprint density at radius 3 is 2.75 bits per heavy atom. The first-order valence-corrected chi connectivity index (χ1v) is 8.26. The number of nitrogens with zero attached hydrogens (tertiary/aromatic N) is 2. The molecule has 24 heavy (non-hydrogen) atoms. The first kappa shape index (κ1) is 20.8. The van der Waals surface area contributed by atoms with Gasteiger partial charge in [0, 0.05) is 24.3 Å². The largest absolute Gasteiger partial charge is 0.356 e. The molecule has 0 aliphatic carbocycles. The van der Waals surface area contributed by atoms with Crippen LogP contribution >= 0.6 is 39.9 Å². The predicted molar refractivity (Wildman–Crippen MR) is 110 cm³/mol. The highest BCUT2D eigenvalue weighted by Crippen LogP contribution is 2.16. The van der Waals surface area contributed by atoms with Crippen molar-refractivity contribution in [3.05, 3.63) is 64.1 Å². The van der Waals surface area contributed by atoms with Crippen molar-refractivity contribution >= 4 is 45.9 Å². The van der Waals surface area contributed by atoms with E-state index in [2.05, 4.69) is 36.5 Å². The van der Waals surface area contributed by atoms with Gasteiger partial charge in [-0.1, -0.05) is 28.1 Å². The topological polar surface area (TPSA) is 49.3 Å². The van der Waals surface area contributed by atoms with Crippen LogP contribution in [0, 0.1) is 5.82 Å². The highest BCUT2D eigenvalue weighted by atomic mass is 127. The maximum atomic E-state index is 13.7. The van der Waals surface area contributed by atoms with E-state index in [9.17, 15) is 4.39 Å². The van der Waals surface area contributed by atoms with Gasteiger partial charge in [-0.3, -0.25) is 9.98 Å². The molecule has 1 aromatic carbocycles. The van der Waals surface area contributed by atoms with Crippen molar-refractivity contribution in [1.82, 2.24) is 15.6 Å². The first-order chi connectivity index (χ1) is 11.2. The zero-order valence-electron chi connectivity index (χ0n) is 13.4. The van der Waals surface area contributed by atoms with Crippen LogP contribution in [-0.2, 0) is 13.0 Å². The van der Waals surface area contributed by atoms with Crippen LogP contribution < -0.4 is 10.6 Å². The van der Waals surface area contributed by atoms with Crippen LogP contribution in [0.25, 0.3) is 0 Å². The van der Waals surface area contributed by atoms with Crippen molar-refractivity contribution in [3.8, 4) is 0 Å². The number of pyridine rings is 1. The van der Waals surface area contributed by atoms with Crippen molar-refractivity contribution in [2.75, 3.05) is 13.6 Å². The van der Waals surface area contributed by atoms with Gasteiger partial charge in [-0.15, -0.1) is 24.0 Å². The number of aliphatic imine (C=N–C) groups is 1. The summed E-state index contributed by atoms with van der Waals surface area (Å²) in [6.07, 6.45) is 3.27. The summed E-state index contributed by atoms with van der Waals surface area (Å²) in [5.41, 5.74) is 1.68. The number of hydrogen-bond acceptors (Lipinski definition) is 2. The van der Waals surface area contributed by atoms with Crippen LogP contribution in [0.15, 0.2) is 52.1 Å². The summed E-state index contributed by atoms with van der Waals surface area (Å²) >= 11 is 3.26. The Bertz CT molecular complexity index is 652. The van der Waals surface area contributed by atoms with Crippen LogP contribution in [0.2, 0.25) is 0 Å². The number of nitrogens with one attached hydrogen (secondary N) is 2. The van der Waals surface area contributed by atoms with Gasteiger partial charge in [0.05, 0.1) is 12.2 Å². The lowest BCUT2D eigenvalue weighted by Crippen LogP contribution is -2.37. The van der Waals surface area contributed by atoms with Gasteiger partial charge in [-0.25, -0.2) is 4.39 Å². The highest BCUT2D eigenvalue weighted by molar-refractivity contribution is 14.0. The van der Waals surface area contributed by atoms with E-state index in [0.717, 1.165) is 28.7 Å². The van der Waals surface area contributed by atoms with Crippen LogP contribution in [0.1, 0.15) is 17.7 Å². The van der Waals surface area contributed by atoms with Gasteiger partial charge in [0.2, 0.25) is 0 Å². The monoisotopic (exact) mass is 506 g/mol. The molecule has 2 rings (SSSR count). The highest BCUT2D eigenvalue weighted by Gasteiger charge is 2.03. The van der Waals surface area contributed by atoms with Crippen molar-refractivity contribution in [2.24, 2.45) is 4.99 Å². The van der Waals surface area contributed by atoms with Gasteiger partial charge >= 0.3 is 0 Å². The molecule has 1 heterocycles. The zero-order chi connectivity index (χ0) is 16.5. The fourth-order valence-electron chi connectivity index (χ4n) is 2.11. The third-order valence-electron chi connectivity index (χ3n) is 3.32. The predicted octanol–water partition coefficient (Wildman–Crippen LogP) is 3.90. The third kappa shape index (κ3) is 7.12. The smallest absolute Gasteiger partial charge is 0.191 e. The zero-order valence-corrected chi connectivity index (χ0v) is 17.3. The molecule has 4 nitrogen and oxygen atoms in total. The fraction of sp³-hybridized carbons (Fsp3) is 0.294. The van der Waals surface area contributed by atoms with E-state index in [1.807, 2.05) is 30.3 Å². The second-order valence-corrected chi connectivity index (χ2v) is 5.93. The maximum Gasteiger partial charge on any atom is 0.191 e. The quantitative estimate of drug-likeness (QED) is 0.270. The molecule has 1 aromatic heterocycles. The Balaban J connectivity index is 0.00000288. The van der Waals surface area contributed by atoms with Gasteiger partial charge < -0.3 is 10.6 Å². The first-order valence-electron chi connectivity index (χ1n) is 7.47. The molecule has 0 saturated carbocycles. The lowest BCUT2D eigenvalue weighted by atomic mass is 10.1. The lowest BCUT2D eigenvalue weighted by molar-refractivity contribution is 0.601.